The molecule has 2 fully saturated rings. The molecular formula is C35H43N5O6. The fourth-order valence-corrected chi connectivity index (χ4v) is 6.56. The van der Waals surface area contributed by atoms with E-state index in [1.165, 1.54) is 0 Å². The largest absolute Gasteiger partial charge is 0.487 e. The van der Waals surface area contributed by atoms with Gasteiger partial charge in [-0.25, -0.2) is 9.97 Å². The number of nitrogens with zero attached hydrogens (tertiary/aromatic N) is 5. The van der Waals surface area contributed by atoms with Gasteiger partial charge in [-0.1, -0.05) is 40.5 Å². The maximum Gasteiger partial charge on any atom is 0.306 e. The van der Waals surface area contributed by atoms with E-state index in [-0.39, 0.29) is 43.5 Å². The van der Waals surface area contributed by atoms with Crippen molar-refractivity contribution in [2.45, 2.75) is 97.5 Å². The first-order chi connectivity index (χ1) is 22.1. The molecule has 0 radical (unpaired) electrons. The molecule has 1 aliphatic carbocycles. The van der Waals surface area contributed by atoms with Crippen LogP contribution in [0.3, 0.4) is 0 Å². The van der Waals surface area contributed by atoms with Crippen LogP contribution < -0.4 is 9.47 Å². The van der Waals surface area contributed by atoms with Crippen molar-refractivity contribution >= 4 is 29.2 Å². The van der Waals surface area contributed by atoms with Crippen molar-refractivity contribution in [3.8, 4) is 11.6 Å². The molecule has 2 aliphatic heterocycles. The van der Waals surface area contributed by atoms with Crippen LogP contribution in [0.5, 0.6) is 11.6 Å². The van der Waals surface area contributed by atoms with Gasteiger partial charge in [0, 0.05) is 24.4 Å². The van der Waals surface area contributed by atoms with E-state index in [1.807, 2.05) is 45.9 Å². The summed E-state index contributed by atoms with van der Waals surface area (Å²) < 4.78 is 18.3. The zero-order chi connectivity index (χ0) is 32.4. The lowest BCUT2D eigenvalue weighted by molar-refractivity contribution is -0.153. The normalized spacial score (nSPS) is 27.4. The molecule has 3 aromatic rings. The molecule has 11 nitrogen and oxygen atoms in total. The van der Waals surface area contributed by atoms with Gasteiger partial charge in [-0.2, -0.15) is 0 Å². The summed E-state index contributed by atoms with van der Waals surface area (Å²) in [5, 5.41) is 0. The Labute approximate surface area is 269 Å². The van der Waals surface area contributed by atoms with E-state index >= 15 is 0 Å². The standard InChI is InChI=1S/C35H43N5O6/c1-21-29(19-41)40-18-31(21)46-33-27(38-26-11-10-24(15-28(26)39-33)44-20-23-17-36-12-13-37-23)9-7-5-6-8-22-14-30(22)45-32(42)16-25(34(40)43)35(2,3)4/h10-13,15,17,19,21-22,25,29-31H,5-9,14,16,18,20H2,1-4H3/t21-,22+,25+,29+,30+,31-/m0/s1. The van der Waals surface area contributed by atoms with E-state index in [2.05, 4.69) is 9.97 Å². The number of aromatic nitrogens is 4. The zero-order valence-electron chi connectivity index (χ0n) is 27.1. The van der Waals surface area contributed by atoms with Gasteiger partial charge >= 0.3 is 5.97 Å². The number of aldehydes is 1. The van der Waals surface area contributed by atoms with E-state index in [1.54, 1.807) is 23.5 Å². The number of esters is 1. The van der Waals surface area contributed by atoms with E-state index in [9.17, 15) is 14.4 Å². The minimum atomic E-state index is -0.689. The van der Waals surface area contributed by atoms with Crippen LogP contribution in [0.25, 0.3) is 11.0 Å². The maximum atomic E-state index is 14.1. The van der Waals surface area contributed by atoms with Crippen molar-refractivity contribution < 1.29 is 28.6 Å². The molecule has 1 amide bonds. The van der Waals surface area contributed by atoms with Gasteiger partial charge in [0.25, 0.3) is 0 Å². The first-order valence-corrected chi connectivity index (χ1v) is 16.4. The second kappa shape index (κ2) is 13.3. The maximum absolute atomic E-state index is 14.1. The number of rotatable bonds is 4. The summed E-state index contributed by atoms with van der Waals surface area (Å²) in [6.07, 6.45) is 10.6. The summed E-state index contributed by atoms with van der Waals surface area (Å²) in [4.78, 5) is 59.3. The number of benzene rings is 1. The zero-order valence-corrected chi connectivity index (χ0v) is 27.1. The Morgan fingerprint density at radius 1 is 1.04 bits per heavy atom. The first kappa shape index (κ1) is 31.8. The summed E-state index contributed by atoms with van der Waals surface area (Å²) >= 11 is 0. The highest BCUT2D eigenvalue weighted by molar-refractivity contribution is 5.87. The summed E-state index contributed by atoms with van der Waals surface area (Å²) in [6.45, 7) is 8.22. The summed E-state index contributed by atoms with van der Waals surface area (Å²) in [5.41, 5.74) is 2.30. The molecular weight excluding hydrogens is 586 g/mol. The molecule has 0 unspecified atom stereocenters. The van der Waals surface area contributed by atoms with Crippen molar-refractivity contribution in [2.24, 2.45) is 23.2 Å². The molecule has 0 N–H and O–H groups in total. The fourth-order valence-electron chi connectivity index (χ4n) is 6.56. The molecule has 3 aliphatic rings. The Morgan fingerprint density at radius 2 is 1.89 bits per heavy atom. The first-order valence-electron chi connectivity index (χ1n) is 16.4. The predicted molar refractivity (Wildman–Crippen MR) is 169 cm³/mol. The van der Waals surface area contributed by atoms with Crippen LogP contribution in [0.1, 0.15) is 77.6 Å². The van der Waals surface area contributed by atoms with E-state index < -0.39 is 23.5 Å². The third kappa shape index (κ3) is 7.13. The van der Waals surface area contributed by atoms with Gasteiger partial charge in [0.2, 0.25) is 11.8 Å². The Balaban J connectivity index is 1.30. The minimum Gasteiger partial charge on any atom is -0.487 e. The number of carbonyl (C=O) groups excluding carboxylic acids is 3. The number of aryl methyl sites for hydroxylation is 1. The molecule has 0 spiro atoms. The van der Waals surface area contributed by atoms with Crippen molar-refractivity contribution in [3.05, 3.63) is 48.2 Å². The van der Waals surface area contributed by atoms with Crippen LogP contribution in [0.2, 0.25) is 0 Å². The predicted octanol–water partition coefficient (Wildman–Crippen LogP) is 4.89. The molecule has 2 aromatic heterocycles. The summed E-state index contributed by atoms with van der Waals surface area (Å²) in [6, 6.07) is 4.90. The van der Waals surface area contributed by atoms with Gasteiger partial charge in [-0.15, -0.1) is 0 Å². The number of hydrogen-bond acceptors (Lipinski definition) is 10. The molecule has 244 valence electrons. The van der Waals surface area contributed by atoms with Crippen molar-refractivity contribution in [3.63, 3.8) is 0 Å². The number of amides is 1. The Bertz CT molecular complexity index is 1580. The summed E-state index contributed by atoms with van der Waals surface area (Å²) in [5.74, 6) is -0.117. The van der Waals surface area contributed by atoms with Gasteiger partial charge < -0.3 is 23.9 Å². The van der Waals surface area contributed by atoms with Gasteiger partial charge in [-0.05, 0) is 49.1 Å². The van der Waals surface area contributed by atoms with Gasteiger partial charge in [0.05, 0.1) is 47.8 Å². The quantitative estimate of drug-likeness (QED) is 0.290. The third-order valence-electron chi connectivity index (χ3n) is 9.56. The van der Waals surface area contributed by atoms with Crippen molar-refractivity contribution in [1.29, 1.82) is 0 Å². The molecule has 6 atom stereocenters. The molecule has 6 rings (SSSR count). The Hall–Kier alpha value is -4.15. The number of carbonyl (C=O) groups is 3. The second-order valence-corrected chi connectivity index (χ2v) is 14.0. The van der Waals surface area contributed by atoms with Crippen molar-refractivity contribution in [2.75, 3.05) is 6.54 Å². The van der Waals surface area contributed by atoms with Crippen LogP contribution in [0.15, 0.2) is 36.8 Å². The van der Waals surface area contributed by atoms with Crippen LogP contribution in [0, 0.1) is 23.2 Å². The highest BCUT2D eigenvalue weighted by Gasteiger charge is 2.48. The van der Waals surface area contributed by atoms with E-state index in [0.29, 0.717) is 35.2 Å². The van der Waals surface area contributed by atoms with Crippen molar-refractivity contribution in [1.82, 2.24) is 24.8 Å². The minimum absolute atomic E-state index is 0.0188. The highest BCUT2D eigenvalue weighted by Crippen LogP contribution is 2.40. The number of fused-ring (bicyclic) bond motifs is 5. The Morgan fingerprint density at radius 3 is 2.65 bits per heavy atom. The fraction of sp³-hybridized carbons (Fsp3) is 0.571. The molecule has 2 bridgehead atoms. The average Bonchev–Trinajstić information content (AvgIpc) is 3.69. The SMILES string of the molecule is C[C@@H]1[C@@H]2CN(C(=O)[C@H](C(C)(C)C)CC(=O)O[C@@H]3C[C@H]3CCCCCc3nc4ccc(OCc5cnccn5)cc4nc3O2)[C@@H]1C=O. The molecule has 1 saturated heterocycles. The molecule has 46 heavy (non-hydrogen) atoms. The smallest absolute Gasteiger partial charge is 0.306 e. The van der Waals surface area contributed by atoms with Gasteiger partial charge in [0.15, 0.2) is 0 Å². The van der Waals surface area contributed by atoms with E-state index in [4.69, 9.17) is 24.2 Å². The summed E-state index contributed by atoms with van der Waals surface area (Å²) in [7, 11) is 0. The van der Waals surface area contributed by atoms with Gasteiger partial charge in [-0.3, -0.25) is 19.6 Å². The Kier molecular flexibility index (Phi) is 9.20. The third-order valence-corrected chi connectivity index (χ3v) is 9.56. The average molecular weight is 630 g/mol. The van der Waals surface area contributed by atoms with Crippen LogP contribution in [-0.4, -0.2) is 67.8 Å². The van der Waals surface area contributed by atoms with Crippen LogP contribution >= 0.6 is 0 Å². The topological polar surface area (TPSA) is 134 Å². The lowest BCUT2D eigenvalue weighted by atomic mass is 9.77. The number of hydrogen-bond donors (Lipinski definition) is 0. The van der Waals surface area contributed by atoms with E-state index in [0.717, 1.165) is 49.6 Å². The monoisotopic (exact) mass is 629 g/mol. The molecule has 1 saturated carbocycles. The lowest BCUT2D eigenvalue weighted by Gasteiger charge is -2.34. The second-order valence-electron chi connectivity index (χ2n) is 14.0. The molecule has 1 aromatic carbocycles. The lowest BCUT2D eigenvalue weighted by Crippen LogP contribution is -2.46. The highest BCUT2D eigenvalue weighted by atomic mass is 16.5. The molecule has 4 heterocycles. The van der Waals surface area contributed by atoms with Crippen LogP contribution in [-0.2, 0) is 32.1 Å². The van der Waals surface area contributed by atoms with Crippen LogP contribution in [0.4, 0.5) is 0 Å². The molecule has 11 heteroatoms. The number of ether oxygens (including phenoxy) is 3. The van der Waals surface area contributed by atoms with Gasteiger partial charge in [0.1, 0.15) is 36.5 Å².